The first-order valence-electron chi connectivity index (χ1n) is 19.4. The number of anilines is 3. The van der Waals surface area contributed by atoms with E-state index in [0.717, 1.165) is 17.1 Å². The molecule has 0 N–H and O–H groups in total. The van der Waals surface area contributed by atoms with Crippen LogP contribution in [0.5, 0.6) is 0 Å². The third-order valence-corrected chi connectivity index (χ3v) is 11.6. The molecule has 0 atom stereocenters. The minimum absolute atomic E-state index is 0.641. The van der Waals surface area contributed by atoms with Crippen molar-refractivity contribution < 1.29 is 0 Å². The monoisotopic (exact) mass is 722 g/mol. The summed E-state index contributed by atoms with van der Waals surface area (Å²) < 4.78 is 0. The van der Waals surface area contributed by atoms with Crippen LogP contribution < -0.4 is 4.90 Å². The summed E-state index contributed by atoms with van der Waals surface area (Å²) in [5.41, 5.74) is 8.80. The Bertz CT molecular complexity index is 3360. The van der Waals surface area contributed by atoms with Gasteiger partial charge in [0.15, 0.2) is 0 Å². The number of nitriles is 1. The summed E-state index contributed by atoms with van der Waals surface area (Å²) in [4.78, 5) is 2.30. The van der Waals surface area contributed by atoms with Gasteiger partial charge in [0.25, 0.3) is 0 Å². The number of benzene rings is 11. The first-order valence-corrected chi connectivity index (χ1v) is 19.4. The number of hydrogen-bond acceptors (Lipinski definition) is 2. The highest BCUT2D eigenvalue weighted by Gasteiger charge is 2.19. The van der Waals surface area contributed by atoms with Gasteiger partial charge in [-0.1, -0.05) is 158 Å². The highest BCUT2D eigenvalue weighted by Crippen LogP contribution is 2.46. The van der Waals surface area contributed by atoms with Crippen molar-refractivity contribution in [1.29, 1.82) is 5.26 Å². The molecule has 0 heterocycles. The van der Waals surface area contributed by atoms with Gasteiger partial charge < -0.3 is 4.90 Å². The predicted molar refractivity (Wildman–Crippen MR) is 242 cm³/mol. The van der Waals surface area contributed by atoms with Crippen molar-refractivity contribution in [2.45, 2.75) is 0 Å². The topological polar surface area (TPSA) is 27.0 Å². The van der Waals surface area contributed by atoms with Gasteiger partial charge in [-0.25, -0.2) is 0 Å². The van der Waals surface area contributed by atoms with Crippen LogP contribution in [-0.4, -0.2) is 0 Å². The Hall–Kier alpha value is -7.73. The number of fused-ring (bicyclic) bond motifs is 7. The fourth-order valence-electron chi connectivity index (χ4n) is 9.04. The Morgan fingerprint density at radius 3 is 1.51 bits per heavy atom. The molecule has 0 saturated carbocycles. The SMILES string of the molecule is N#Cc1ccc(N(c2ccc3c(ccc4cc(-c5c6ccccc6c(-c6cccc7ccccc67)c6ccccc56)ccc43)c2)c2cccc3ccccc23)cc1. The second-order valence-corrected chi connectivity index (χ2v) is 14.8. The van der Waals surface area contributed by atoms with Crippen molar-refractivity contribution in [1.82, 2.24) is 0 Å². The molecule has 57 heavy (non-hydrogen) atoms. The van der Waals surface area contributed by atoms with E-state index in [1.807, 2.05) is 24.3 Å². The van der Waals surface area contributed by atoms with E-state index in [1.165, 1.54) is 86.9 Å². The molecular formula is C55H34N2. The van der Waals surface area contributed by atoms with Crippen LogP contribution in [0.3, 0.4) is 0 Å². The summed E-state index contributed by atoms with van der Waals surface area (Å²) in [5.74, 6) is 0. The molecule has 11 aromatic rings. The molecule has 0 aromatic heterocycles. The molecule has 0 aliphatic heterocycles. The highest BCUT2D eigenvalue weighted by molar-refractivity contribution is 6.24. The van der Waals surface area contributed by atoms with Gasteiger partial charge in [0, 0.05) is 16.8 Å². The Labute approximate surface area is 330 Å². The van der Waals surface area contributed by atoms with E-state index in [4.69, 9.17) is 0 Å². The zero-order valence-corrected chi connectivity index (χ0v) is 31.0. The van der Waals surface area contributed by atoms with E-state index in [0.29, 0.717) is 5.56 Å². The van der Waals surface area contributed by atoms with Crippen molar-refractivity contribution in [3.8, 4) is 28.3 Å². The van der Waals surface area contributed by atoms with Gasteiger partial charge in [-0.2, -0.15) is 5.26 Å². The summed E-state index contributed by atoms with van der Waals surface area (Å²) in [6.07, 6.45) is 0. The Balaban J connectivity index is 1.08. The molecule has 0 unspecified atom stereocenters. The molecule has 11 aromatic carbocycles. The van der Waals surface area contributed by atoms with Gasteiger partial charge in [-0.3, -0.25) is 0 Å². The van der Waals surface area contributed by atoms with Crippen LogP contribution in [0.1, 0.15) is 5.56 Å². The van der Waals surface area contributed by atoms with Crippen LogP contribution in [0.2, 0.25) is 0 Å². The lowest BCUT2D eigenvalue weighted by Gasteiger charge is -2.27. The van der Waals surface area contributed by atoms with Crippen LogP contribution in [0, 0.1) is 11.3 Å². The highest BCUT2D eigenvalue weighted by atomic mass is 15.1. The van der Waals surface area contributed by atoms with Gasteiger partial charge in [0.2, 0.25) is 0 Å². The third kappa shape index (κ3) is 5.33. The van der Waals surface area contributed by atoms with Crippen molar-refractivity contribution in [3.05, 3.63) is 212 Å². The molecule has 0 aliphatic carbocycles. The van der Waals surface area contributed by atoms with E-state index in [1.54, 1.807) is 0 Å². The maximum atomic E-state index is 9.54. The fourth-order valence-corrected chi connectivity index (χ4v) is 9.04. The molecule has 11 rings (SSSR count). The van der Waals surface area contributed by atoms with Gasteiger partial charge in [-0.05, 0) is 130 Å². The second kappa shape index (κ2) is 13.2. The van der Waals surface area contributed by atoms with Crippen LogP contribution in [0.4, 0.5) is 17.1 Å². The van der Waals surface area contributed by atoms with Crippen LogP contribution in [-0.2, 0) is 0 Å². The summed E-state index contributed by atoms with van der Waals surface area (Å²) >= 11 is 0. The van der Waals surface area contributed by atoms with Crippen LogP contribution in [0.15, 0.2) is 206 Å². The zero-order valence-electron chi connectivity index (χ0n) is 31.0. The number of hydrogen-bond donors (Lipinski definition) is 0. The van der Waals surface area contributed by atoms with E-state index >= 15 is 0 Å². The third-order valence-electron chi connectivity index (χ3n) is 11.6. The quantitative estimate of drug-likeness (QED) is 0.131. The molecule has 0 aliphatic rings. The Morgan fingerprint density at radius 2 is 0.842 bits per heavy atom. The van der Waals surface area contributed by atoms with Gasteiger partial charge in [0.1, 0.15) is 0 Å². The first-order chi connectivity index (χ1) is 28.2. The number of nitrogens with zero attached hydrogens (tertiary/aromatic N) is 2. The van der Waals surface area contributed by atoms with Gasteiger partial charge in [-0.15, -0.1) is 0 Å². The summed E-state index contributed by atoms with van der Waals surface area (Å²) in [6, 6.07) is 76.5. The van der Waals surface area contributed by atoms with E-state index in [9.17, 15) is 5.26 Å². The maximum Gasteiger partial charge on any atom is 0.0991 e. The maximum absolute atomic E-state index is 9.54. The fraction of sp³-hybridized carbons (Fsp3) is 0. The lowest BCUT2D eigenvalue weighted by Crippen LogP contribution is -2.10. The van der Waals surface area contributed by atoms with E-state index < -0.39 is 0 Å². The zero-order chi connectivity index (χ0) is 37.9. The minimum Gasteiger partial charge on any atom is -0.310 e. The number of rotatable bonds is 5. The predicted octanol–water partition coefficient (Wildman–Crippen LogP) is 15.3. The minimum atomic E-state index is 0.641. The molecule has 0 amide bonds. The van der Waals surface area contributed by atoms with Gasteiger partial charge in [0.05, 0.1) is 17.3 Å². The molecule has 2 heteroatoms. The molecule has 0 radical (unpaired) electrons. The van der Waals surface area contributed by atoms with E-state index in [2.05, 4.69) is 193 Å². The Kier molecular flexibility index (Phi) is 7.59. The normalized spacial score (nSPS) is 11.5. The average Bonchev–Trinajstić information content (AvgIpc) is 3.28. The largest absolute Gasteiger partial charge is 0.310 e. The van der Waals surface area contributed by atoms with Crippen molar-refractivity contribution in [2.75, 3.05) is 4.90 Å². The van der Waals surface area contributed by atoms with Crippen molar-refractivity contribution in [3.63, 3.8) is 0 Å². The lowest BCUT2D eigenvalue weighted by molar-refractivity contribution is 1.30. The molecule has 2 nitrogen and oxygen atoms in total. The molecule has 0 saturated heterocycles. The molecule has 0 spiro atoms. The average molecular weight is 723 g/mol. The second-order valence-electron chi connectivity index (χ2n) is 14.8. The van der Waals surface area contributed by atoms with Crippen molar-refractivity contribution in [2.24, 2.45) is 0 Å². The molecule has 0 bridgehead atoms. The summed E-state index contributed by atoms with van der Waals surface area (Å²) in [5, 5.41) is 24.2. The molecular weight excluding hydrogens is 689 g/mol. The Morgan fingerprint density at radius 1 is 0.333 bits per heavy atom. The van der Waals surface area contributed by atoms with E-state index in [-0.39, 0.29) is 0 Å². The van der Waals surface area contributed by atoms with Crippen LogP contribution >= 0.6 is 0 Å². The summed E-state index contributed by atoms with van der Waals surface area (Å²) in [6.45, 7) is 0. The lowest BCUT2D eigenvalue weighted by atomic mass is 9.84. The molecule has 0 fully saturated rings. The van der Waals surface area contributed by atoms with Crippen LogP contribution in [0.25, 0.3) is 86.9 Å². The van der Waals surface area contributed by atoms with Crippen molar-refractivity contribution >= 4 is 81.7 Å². The summed E-state index contributed by atoms with van der Waals surface area (Å²) in [7, 11) is 0. The smallest absolute Gasteiger partial charge is 0.0991 e. The van der Waals surface area contributed by atoms with Gasteiger partial charge >= 0.3 is 0 Å². The standard InChI is InChI=1S/C55H34N2/c56-35-36-23-28-42(29-24-36)57(53-22-10-14-38-12-2-4-16-47(38)53)43-30-32-46-40(34-43)26-25-39-33-41(27-31-45(39)46)54-49-17-5-7-19-51(49)55(52-20-8-6-18-50(52)54)48-21-9-13-37-11-1-3-15-44(37)48/h1-34H. The molecule has 264 valence electrons. The first kappa shape index (κ1) is 32.7.